The maximum absolute atomic E-state index is 11.7. The molecule has 7 nitrogen and oxygen atoms in total. The van der Waals surface area contributed by atoms with E-state index in [0.29, 0.717) is 66.2 Å². The first-order valence-electron chi connectivity index (χ1n) is 16.7. The third-order valence-corrected chi connectivity index (χ3v) is 13.2. The maximum atomic E-state index is 11.7. The lowest BCUT2D eigenvalue weighted by atomic mass is 9.76. The topological polar surface area (TPSA) is 106 Å². The quantitative estimate of drug-likeness (QED) is 0.225. The lowest BCUT2D eigenvalue weighted by Crippen LogP contribution is -2.48. The predicted molar refractivity (Wildman–Crippen MR) is 162 cm³/mol. The van der Waals surface area contributed by atoms with Crippen LogP contribution in [0.25, 0.3) is 0 Å². The van der Waals surface area contributed by atoms with Crippen molar-refractivity contribution in [2.24, 2.45) is 53.3 Å². The van der Waals surface area contributed by atoms with Crippen molar-refractivity contribution in [3.05, 3.63) is 12.7 Å². The van der Waals surface area contributed by atoms with E-state index in [2.05, 4.69) is 67.5 Å². The van der Waals surface area contributed by atoms with Gasteiger partial charge in [-0.1, -0.05) is 40.2 Å². The van der Waals surface area contributed by atoms with Gasteiger partial charge in [0.2, 0.25) is 0 Å². The number of nitrogens with one attached hydrogen (secondary N) is 4. The molecule has 6 aliphatic rings. The van der Waals surface area contributed by atoms with Crippen molar-refractivity contribution in [2.45, 2.75) is 127 Å². The van der Waals surface area contributed by atoms with Crippen LogP contribution in [0.1, 0.15) is 72.6 Å². The van der Waals surface area contributed by atoms with Crippen molar-refractivity contribution >= 4 is 5.97 Å². The molecule has 41 heavy (non-hydrogen) atoms. The number of carboxylic acids is 1. The van der Waals surface area contributed by atoms with Gasteiger partial charge in [0, 0.05) is 66.6 Å². The van der Waals surface area contributed by atoms with Crippen LogP contribution in [0.3, 0.4) is 0 Å². The summed E-state index contributed by atoms with van der Waals surface area (Å²) in [5.74, 6) is 5.46. The van der Waals surface area contributed by atoms with Crippen LogP contribution in [0.15, 0.2) is 12.7 Å². The van der Waals surface area contributed by atoms with Crippen molar-refractivity contribution in [3.63, 3.8) is 0 Å². The minimum atomic E-state index is -0.761. The molecule has 0 aromatic carbocycles. The number of aliphatic hydroxyl groups excluding tert-OH is 1. The second-order valence-electron chi connectivity index (χ2n) is 14.9. The second kappa shape index (κ2) is 11.6. The highest BCUT2D eigenvalue weighted by Gasteiger charge is 2.58. The Morgan fingerprint density at radius 2 is 1.51 bits per heavy atom. The molecule has 1 saturated carbocycles. The highest BCUT2D eigenvalue weighted by molar-refractivity contribution is 5.66. The first-order valence-corrected chi connectivity index (χ1v) is 16.7. The highest BCUT2D eigenvalue weighted by atomic mass is 16.4. The summed E-state index contributed by atoms with van der Waals surface area (Å²) in [7, 11) is 0. The van der Waals surface area contributed by atoms with E-state index in [-0.39, 0.29) is 54.3 Å². The molecule has 0 aromatic rings. The largest absolute Gasteiger partial charge is 0.481 e. The van der Waals surface area contributed by atoms with Gasteiger partial charge < -0.3 is 31.5 Å². The number of hydrogen-bond acceptors (Lipinski definition) is 6. The van der Waals surface area contributed by atoms with Gasteiger partial charge >= 0.3 is 5.97 Å². The molecule has 228 valence electrons. The van der Waals surface area contributed by atoms with E-state index in [0.717, 1.165) is 25.7 Å². The van der Waals surface area contributed by atoms with Crippen LogP contribution >= 0.6 is 0 Å². The van der Waals surface area contributed by atoms with Crippen LogP contribution in [0.5, 0.6) is 0 Å². The molecule has 5 heterocycles. The van der Waals surface area contributed by atoms with Gasteiger partial charge in [0.1, 0.15) is 0 Å². The van der Waals surface area contributed by atoms with E-state index in [1.54, 1.807) is 0 Å². The van der Waals surface area contributed by atoms with Gasteiger partial charge in [-0.25, -0.2) is 0 Å². The Hall–Kier alpha value is -1.43. The lowest BCUT2D eigenvalue weighted by molar-refractivity contribution is -0.137. The van der Waals surface area contributed by atoms with Crippen molar-refractivity contribution < 1.29 is 15.0 Å². The number of fused-ring (bicyclic) bond motifs is 8. The van der Waals surface area contributed by atoms with Gasteiger partial charge in [-0.15, -0.1) is 18.9 Å². The van der Waals surface area contributed by atoms with Crippen LogP contribution < -0.4 is 21.3 Å². The summed E-state index contributed by atoms with van der Waals surface area (Å²) in [6.45, 7) is 13.8. The fourth-order valence-corrected chi connectivity index (χ4v) is 11.2. The van der Waals surface area contributed by atoms with E-state index in [9.17, 15) is 15.0 Å². The standard InChI is InChI=1S/C34H54N4O3/c1-7-19-17(5)25-14-29-21(9-3)22(10-11-31(40)41)33(38-29)23-12-30(39)32-18(6)26(37-34(23)32)15-28-20(8-2)16(4)24(35-28)13-27(19)36-25/h3,7,16-30,32-39H,1,8,10-15H2,2,4-6H3,(H,40,41). The Balaban J connectivity index is 1.37. The van der Waals surface area contributed by atoms with Crippen molar-refractivity contribution in [2.75, 3.05) is 0 Å². The molecule has 0 radical (unpaired) electrons. The Labute approximate surface area is 247 Å². The van der Waals surface area contributed by atoms with E-state index >= 15 is 0 Å². The minimum absolute atomic E-state index is 0.0147. The van der Waals surface area contributed by atoms with E-state index < -0.39 is 5.97 Å². The Morgan fingerprint density at radius 1 is 0.878 bits per heavy atom. The molecule has 5 saturated heterocycles. The number of terminal acetylenes is 1. The molecule has 1 aliphatic carbocycles. The first-order chi connectivity index (χ1) is 19.7. The van der Waals surface area contributed by atoms with Gasteiger partial charge in [0.15, 0.2) is 0 Å². The summed E-state index contributed by atoms with van der Waals surface area (Å²) >= 11 is 0. The molecule has 8 bridgehead atoms. The smallest absolute Gasteiger partial charge is 0.303 e. The first kappa shape index (κ1) is 29.6. The zero-order valence-corrected chi connectivity index (χ0v) is 25.5. The Kier molecular flexibility index (Phi) is 8.37. The van der Waals surface area contributed by atoms with Crippen LogP contribution in [-0.4, -0.2) is 70.6 Å². The molecule has 6 N–H and O–H groups in total. The normalized spacial score (nSPS) is 54.2. The fourth-order valence-electron chi connectivity index (χ4n) is 11.2. The van der Waals surface area contributed by atoms with Gasteiger partial charge in [0.05, 0.1) is 6.10 Å². The van der Waals surface area contributed by atoms with Gasteiger partial charge in [-0.2, -0.15) is 0 Å². The summed E-state index contributed by atoms with van der Waals surface area (Å²) in [6, 6.07) is 2.50. The number of aliphatic carboxylic acids is 1. The Morgan fingerprint density at radius 3 is 2.20 bits per heavy atom. The number of aliphatic hydroxyl groups is 1. The minimum Gasteiger partial charge on any atom is -0.481 e. The third kappa shape index (κ3) is 5.00. The highest BCUT2D eigenvalue weighted by Crippen LogP contribution is 2.50. The zero-order chi connectivity index (χ0) is 29.2. The summed E-state index contributed by atoms with van der Waals surface area (Å²) < 4.78 is 0. The lowest BCUT2D eigenvalue weighted by Gasteiger charge is -2.32. The van der Waals surface area contributed by atoms with Gasteiger partial charge in [0.25, 0.3) is 0 Å². The molecule has 0 amide bonds. The van der Waals surface area contributed by atoms with Crippen molar-refractivity contribution in [3.8, 4) is 12.3 Å². The van der Waals surface area contributed by atoms with E-state index in [1.807, 2.05) is 0 Å². The molecular weight excluding hydrogens is 512 g/mol. The molecule has 18 unspecified atom stereocenters. The maximum Gasteiger partial charge on any atom is 0.303 e. The van der Waals surface area contributed by atoms with E-state index in [4.69, 9.17) is 6.42 Å². The third-order valence-electron chi connectivity index (χ3n) is 13.2. The molecule has 0 spiro atoms. The zero-order valence-electron chi connectivity index (χ0n) is 25.5. The number of carboxylic acid groups (broad SMARTS) is 1. The second-order valence-corrected chi connectivity index (χ2v) is 14.9. The molecule has 6 rings (SSSR count). The molecule has 5 aliphatic heterocycles. The van der Waals surface area contributed by atoms with Crippen LogP contribution in [0.2, 0.25) is 0 Å². The average molecular weight is 567 g/mol. The SMILES string of the molecule is C#CC1C2CC3NC(CC4NC(CC5NC6C(CC(O)C6C5C)C(N2)C1CCC(=O)O)C(CC)C4C)C(C=C)C3C. The molecule has 6 fully saturated rings. The molecule has 7 heteroatoms. The summed E-state index contributed by atoms with van der Waals surface area (Å²) in [5.41, 5.74) is 0. The van der Waals surface area contributed by atoms with Crippen LogP contribution in [-0.2, 0) is 4.79 Å². The summed E-state index contributed by atoms with van der Waals surface area (Å²) in [4.78, 5) is 11.7. The number of carbonyl (C=O) groups is 1. The van der Waals surface area contributed by atoms with Crippen molar-refractivity contribution in [1.82, 2.24) is 21.3 Å². The van der Waals surface area contributed by atoms with Crippen LogP contribution in [0.4, 0.5) is 0 Å². The number of rotatable bonds is 5. The predicted octanol–water partition coefficient (Wildman–Crippen LogP) is 3.00. The summed E-state index contributed by atoms with van der Waals surface area (Å²) in [6.07, 6.45) is 13.9. The monoisotopic (exact) mass is 566 g/mol. The van der Waals surface area contributed by atoms with Gasteiger partial charge in [-0.05, 0) is 73.5 Å². The average Bonchev–Trinajstić information content (AvgIpc) is 3.69. The molecule has 18 atom stereocenters. The fraction of sp³-hybridized carbons (Fsp3) is 0.853. The van der Waals surface area contributed by atoms with E-state index in [1.165, 1.54) is 6.42 Å². The Bertz CT molecular complexity index is 1030. The molecule has 0 aromatic heterocycles. The van der Waals surface area contributed by atoms with Gasteiger partial charge in [-0.3, -0.25) is 4.79 Å². The summed E-state index contributed by atoms with van der Waals surface area (Å²) in [5, 5.41) is 37.4. The molecular formula is C34H54N4O3. The van der Waals surface area contributed by atoms with Crippen LogP contribution in [0, 0.1) is 65.6 Å². The van der Waals surface area contributed by atoms with Crippen molar-refractivity contribution in [1.29, 1.82) is 0 Å². The number of hydrogen-bond donors (Lipinski definition) is 6.